The highest BCUT2D eigenvalue weighted by molar-refractivity contribution is 5.85. The van der Waals surface area contributed by atoms with E-state index in [1.54, 1.807) is 7.11 Å². The van der Waals surface area contributed by atoms with Crippen molar-refractivity contribution in [3.63, 3.8) is 0 Å². The molecule has 22 heavy (non-hydrogen) atoms. The van der Waals surface area contributed by atoms with E-state index in [1.807, 2.05) is 4.90 Å². The average molecular weight is 358 g/mol. The summed E-state index contributed by atoms with van der Waals surface area (Å²) in [7, 11) is 1.72. The molecule has 1 fully saturated rings. The van der Waals surface area contributed by atoms with Crippen molar-refractivity contribution in [2.75, 3.05) is 46.4 Å². The molecule has 0 spiro atoms. The van der Waals surface area contributed by atoms with E-state index in [1.165, 1.54) is 0 Å². The predicted octanol–water partition coefficient (Wildman–Crippen LogP) is 1.77. The minimum absolute atomic E-state index is 0. The van der Waals surface area contributed by atoms with Crippen molar-refractivity contribution in [2.24, 2.45) is 11.1 Å². The third-order valence-corrected chi connectivity index (χ3v) is 4.83. The quantitative estimate of drug-likeness (QED) is 0.754. The highest BCUT2D eigenvalue weighted by atomic mass is 35.5. The van der Waals surface area contributed by atoms with Crippen molar-refractivity contribution in [3.8, 4) is 0 Å². The molecule has 0 aromatic rings. The Kier molecular flexibility index (Phi) is 12.6. The van der Waals surface area contributed by atoms with Gasteiger partial charge in [-0.05, 0) is 19.8 Å². The van der Waals surface area contributed by atoms with Crippen LogP contribution in [-0.2, 0) is 9.53 Å². The standard InChI is InChI=1S/C15H31N3O2.2ClH/c1-5-15(6-2,12-16)14(19)18-8-7-17(9-10-20-4)13(3)11-18;;/h13H,5-12,16H2,1-4H3;2*1H. The zero-order valence-electron chi connectivity index (χ0n) is 14.3. The third kappa shape index (κ3) is 5.53. The van der Waals surface area contributed by atoms with Gasteiger partial charge in [0.2, 0.25) is 5.91 Å². The molecule has 0 bridgehead atoms. The van der Waals surface area contributed by atoms with E-state index in [0.717, 1.165) is 45.6 Å². The van der Waals surface area contributed by atoms with E-state index in [0.29, 0.717) is 12.6 Å². The van der Waals surface area contributed by atoms with Crippen molar-refractivity contribution >= 4 is 30.7 Å². The number of rotatable bonds is 7. The van der Waals surface area contributed by atoms with E-state index in [-0.39, 0.29) is 36.1 Å². The molecule has 7 heteroatoms. The van der Waals surface area contributed by atoms with Gasteiger partial charge in [-0.1, -0.05) is 13.8 Å². The van der Waals surface area contributed by atoms with Gasteiger partial charge in [-0.3, -0.25) is 9.69 Å². The molecule has 5 nitrogen and oxygen atoms in total. The predicted molar refractivity (Wildman–Crippen MR) is 96.1 cm³/mol. The van der Waals surface area contributed by atoms with Crippen LogP contribution in [-0.4, -0.2) is 68.2 Å². The maximum Gasteiger partial charge on any atom is 0.230 e. The maximum absolute atomic E-state index is 12.8. The largest absolute Gasteiger partial charge is 0.383 e. The third-order valence-electron chi connectivity index (χ3n) is 4.83. The molecule has 1 heterocycles. The topological polar surface area (TPSA) is 58.8 Å². The summed E-state index contributed by atoms with van der Waals surface area (Å²) in [6.45, 7) is 10.9. The molecular formula is C15H33Cl2N3O2. The van der Waals surface area contributed by atoms with Crippen LogP contribution in [0.2, 0.25) is 0 Å². The lowest BCUT2D eigenvalue weighted by atomic mass is 9.80. The fourth-order valence-corrected chi connectivity index (χ4v) is 2.98. The zero-order valence-corrected chi connectivity index (χ0v) is 16.0. The summed E-state index contributed by atoms with van der Waals surface area (Å²) in [4.78, 5) is 17.2. The Balaban J connectivity index is 0. The second kappa shape index (κ2) is 11.5. The number of hydrogen-bond donors (Lipinski definition) is 1. The maximum atomic E-state index is 12.8. The number of carbonyl (C=O) groups is 1. The van der Waals surface area contributed by atoms with Crippen molar-refractivity contribution < 1.29 is 9.53 Å². The summed E-state index contributed by atoms with van der Waals surface area (Å²) < 4.78 is 5.13. The molecule has 1 saturated heterocycles. The average Bonchev–Trinajstić information content (AvgIpc) is 2.48. The van der Waals surface area contributed by atoms with Crippen LogP contribution in [0, 0.1) is 5.41 Å². The molecule has 0 saturated carbocycles. The Morgan fingerprint density at radius 1 is 1.27 bits per heavy atom. The lowest BCUT2D eigenvalue weighted by Crippen LogP contribution is -2.58. The van der Waals surface area contributed by atoms with Crippen LogP contribution in [0.4, 0.5) is 0 Å². The van der Waals surface area contributed by atoms with E-state index < -0.39 is 0 Å². The summed E-state index contributed by atoms with van der Waals surface area (Å²) in [6, 6.07) is 0.382. The molecule has 0 aromatic carbocycles. The summed E-state index contributed by atoms with van der Waals surface area (Å²) in [6.07, 6.45) is 1.63. The number of nitrogens with zero attached hydrogens (tertiary/aromatic N) is 2. The summed E-state index contributed by atoms with van der Waals surface area (Å²) >= 11 is 0. The number of methoxy groups -OCH3 is 1. The first-order valence-corrected chi connectivity index (χ1v) is 7.77. The lowest BCUT2D eigenvalue weighted by Gasteiger charge is -2.43. The molecule has 1 amide bonds. The molecule has 1 atom stereocenters. The normalized spacial score (nSPS) is 19.3. The molecule has 1 rings (SSSR count). The van der Waals surface area contributed by atoms with Crippen LogP contribution in [0.3, 0.4) is 0 Å². The van der Waals surface area contributed by atoms with Gasteiger partial charge in [-0.25, -0.2) is 0 Å². The van der Waals surface area contributed by atoms with Gasteiger partial charge >= 0.3 is 0 Å². The lowest BCUT2D eigenvalue weighted by molar-refractivity contribution is -0.145. The van der Waals surface area contributed by atoms with Crippen LogP contribution >= 0.6 is 24.8 Å². The zero-order chi connectivity index (χ0) is 15.2. The summed E-state index contributed by atoms with van der Waals surface area (Å²) in [5, 5.41) is 0. The first kappa shape index (κ1) is 24.2. The monoisotopic (exact) mass is 357 g/mol. The van der Waals surface area contributed by atoms with Gasteiger partial charge in [0.1, 0.15) is 0 Å². The Hall–Kier alpha value is -0.0700. The van der Waals surface area contributed by atoms with Gasteiger partial charge in [0.05, 0.1) is 12.0 Å². The van der Waals surface area contributed by atoms with Crippen molar-refractivity contribution in [3.05, 3.63) is 0 Å². The van der Waals surface area contributed by atoms with Gasteiger partial charge < -0.3 is 15.4 Å². The molecule has 134 valence electrons. The Morgan fingerprint density at radius 3 is 2.27 bits per heavy atom. The van der Waals surface area contributed by atoms with Gasteiger partial charge in [0, 0.05) is 45.9 Å². The summed E-state index contributed by atoms with van der Waals surface area (Å²) in [5.74, 6) is 0.239. The number of carbonyl (C=O) groups excluding carboxylic acids is 1. The molecular weight excluding hydrogens is 325 g/mol. The van der Waals surface area contributed by atoms with Gasteiger partial charge in [-0.15, -0.1) is 24.8 Å². The number of hydrogen-bond acceptors (Lipinski definition) is 4. The highest BCUT2D eigenvalue weighted by Crippen LogP contribution is 2.28. The van der Waals surface area contributed by atoms with Gasteiger partial charge in [-0.2, -0.15) is 0 Å². The fourth-order valence-electron chi connectivity index (χ4n) is 2.98. The SMILES string of the molecule is CCC(CC)(CN)C(=O)N1CCN(CCOC)C(C)C1.Cl.Cl. The number of amides is 1. The Bertz CT molecular complexity index is 307. The van der Waals surface area contributed by atoms with E-state index in [9.17, 15) is 4.79 Å². The van der Waals surface area contributed by atoms with Gasteiger partial charge in [0.25, 0.3) is 0 Å². The molecule has 1 unspecified atom stereocenters. The molecule has 0 radical (unpaired) electrons. The van der Waals surface area contributed by atoms with E-state index in [2.05, 4.69) is 25.7 Å². The van der Waals surface area contributed by atoms with Crippen LogP contribution in [0.5, 0.6) is 0 Å². The van der Waals surface area contributed by atoms with Crippen LogP contribution in [0.15, 0.2) is 0 Å². The van der Waals surface area contributed by atoms with Crippen molar-refractivity contribution in [2.45, 2.75) is 39.7 Å². The molecule has 0 aromatic heterocycles. The minimum Gasteiger partial charge on any atom is -0.383 e. The van der Waals surface area contributed by atoms with Crippen molar-refractivity contribution in [1.29, 1.82) is 0 Å². The smallest absolute Gasteiger partial charge is 0.230 e. The van der Waals surface area contributed by atoms with Gasteiger partial charge in [0.15, 0.2) is 0 Å². The van der Waals surface area contributed by atoms with Crippen LogP contribution in [0.1, 0.15) is 33.6 Å². The van der Waals surface area contributed by atoms with Crippen LogP contribution in [0.25, 0.3) is 0 Å². The summed E-state index contributed by atoms with van der Waals surface area (Å²) in [5.41, 5.74) is 5.52. The minimum atomic E-state index is -0.367. The first-order chi connectivity index (χ1) is 9.54. The molecule has 0 aliphatic carbocycles. The number of halogens is 2. The number of nitrogens with two attached hydrogens (primary N) is 1. The van der Waals surface area contributed by atoms with E-state index >= 15 is 0 Å². The van der Waals surface area contributed by atoms with Crippen molar-refractivity contribution in [1.82, 2.24) is 9.80 Å². The number of ether oxygens (including phenoxy) is 1. The Morgan fingerprint density at radius 2 is 1.86 bits per heavy atom. The Labute approximate surface area is 147 Å². The van der Waals surface area contributed by atoms with Crippen LogP contribution < -0.4 is 5.73 Å². The van der Waals surface area contributed by atoms with E-state index in [4.69, 9.17) is 10.5 Å². The number of piperazine rings is 1. The molecule has 1 aliphatic heterocycles. The second-order valence-electron chi connectivity index (χ2n) is 5.82. The fraction of sp³-hybridized carbons (Fsp3) is 0.933. The molecule has 1 aliphatic rings. The molecule has 2 N–H and O–H groups in total. The second-order valence-corrected chi connectivity index (χ2v) is 5.82. The first-order valence-electron chi connectivity index (χ1n) is 7.77. The highest BCUT2D eigenvalue weighted by Gasteiger charge is 2.38.